The fourth-order valence-electron chi connectivity index (χ4n) is 12.6. The first kappa shape index (κ1) is 60.2. The van der Waals surface area contributed by atoms with Gasteiger partial charge in [-0.3, -0.25) is 9.79 Å². The molecule has 2 aliphatic rings. The van der Waals surface area contributed by atoms with Crippen molar-refractivity contribution in [2.75, 3.05) is 0 Å². The van der Waals surface area contributed by atoms with Crippen molar-refractivity contribution in [3.05, 3.63) is 241 Å². The Morgan fingerprint density at radius 3 is 0.622 bits per heavy atom. The summed E-state index contributed by atoms with van der Waals surface area (Å²) < 4.78 is 52.2. The molecule has 10 heteroatoms. The SMILES string of the molecule is CC(C)(C)c1ccc(-c2cc3ccccc3c3c2OP(=O)(O)Oc2c(-c4ccc(C(C)(C)C)cc4)cc4ccccc4c2-3)cc1.CC(C)(C)c1ccc(-c2cc3ccccc3c3c2OP(=O)(O)Oc2c(-c4ccc(C(C)(C)C)cc4)cc4ccccc4c2-3)cc1. The highest BCUT2D eigenvalue weighted by Crippen LogP contribution is 2.64. The Hall–Kier alpha value is -8.74. The first-order valence-corrected chi connectivity index (χ1v) is 33.7. The second-order valence-electron chi connectivity index (χ2n) is 28.0. The van der Waals surface area contributed by atoms with Crippen LogP contribution in [0.2, 0.25) is 0 Å². The van der Waals surface area contributed by atoms with E-state index in [1.165, 1.54) is 22.3 Å². The normalized spacial score (nSPS) is 14.3. The molecule has 8 nitrogen and oxygen atoms in total. The summed E-state index contributed by atoms with van der Waals surface area (Å²) in [6, 6.07) is 74.1. The highest BCUT2D eigenvalue weighted by molar-refractivity contribution is 7.48. The van der Waals surface area contributed by atoms with E-state index in [2.05, 4.69) is 204 Å². The highest BCUT2D eigenvalue weighted by atomic mass is 31.2. The third-order valence-corrected chi connectivity index (χ3v) is 19.2. The van der Waals surface area contributed by atoms with Gasteiger partial charge in [-0.15, -0.1) is 0 Å². The van der Waals surface area contributed by atoms with Gasteiger partial charge in [0.25, 0.3) is 0 Å². The average Bonchev–Trinajstić information content (AvgIpc) is 1.43. The van der Waals surface area contributed by atoms with Gasteiger partial charge >= 0.3 is 15.6 Å². The van der Waals surface area contributed by atoms with E-state index in [0.29, 0.717) is 23.0 Å². The van der Waals surface area contributed by atoms with Gasteiger partial charge < -0.3 is 18.1 Å². The number of fused-ring (bicyclic) bond motifs is 14. The predicted molar refractivity (Wildman–Crippen MR) is 372 cm³/mol. The number of phosphoric acid groups is 2. The first-order valence-electron chi connectivity index (χ1n) is 30.7. The Morgan fingerprint density at radius 2 is 0.444 bits per heavy atom. The maximum Gasteiger partial charge on any atom is 0.584 e. The lowest BCUT2D eigenvalue weighted by molar-refractivity contribution is 0.293. The summed E-state index contributed by atoms with van der Waals surface area (Å²) in [7, 11) is -9.24. The molecule has 12 aromatic rings. The van der Waals surface area contributed by atoms with E-state index in [1.54, 1.807) is 0 Å². The minimum absolute atomic E-state index is 0.0106. The van der Waals surface area contributed by atoms with Crippen LogP contribution in [-0.2, 0) is 30.8 Å². The number of benzene rings is 12. The summed E-state index contributed by atoms with van der Waals surface area (Å²) in [5.41, 5.74) is 14.3. The summed E-state index contributed by atoms with van der Waals surface area (Å²) in [5.74, 6) is 1.36. The van der Waals surface area contributed by atoms with Crippen molar-refractivity contribution in [2.24, 2.45) is 0 Å². The zero-order valence-corrected chi connectivity index (χ0v) is 54.8. The van der Waals surface area contributed by atoms with E-state index in [4.69, 9.17) is 18.1 Å². The van der Waals surface area contributed by atoms with Crippen LogP contribution in [0, 0.1) is 0 Å². The summed E-state index contributed by atoms with van der Waals surface area (Å²) in [4.78, 5) is 22.7. The molecule has 0 saturated heterocycles. The second-order valence-corrected chi connectivity index (χ2v) is 30.6. The van der Waals surface area contributed by atoms with Crippen LogP contribution in [-0.4, -0.2) is 9.79 Å². The van der Waals surface area contributed by atoms with E-state index in [1.807, 2.05) is 97.1 Å². The topological polar surface area (TPSA) is 112 Å². The number of rotatable bonds is 4. The molecule has 452 valence electrons. The Morgan fingerprint density at radius 1 is 0.267 bits per heavy atom. The largest absolute Gasteiger partial charge is 0.584 e. The van der Waals surface area contributed by atoms with Crippen LogP contribution in [0.5, 0.6) is 23.0 Å². The molecule has 0 spiro atoms. The van der Waals surface area contributed by atoms with Crippen molar-refractivity contribution in [1.29, 1.82) is 0 Å². The van der Waals surface area contributed by atoms with E-state index >= 15 is 0 Å². The molecule has 0 aromatic heterocycles. The molecule has 0 unspecified atom stereocenters. The van der Waals surface area contributed by atoms with Crippen molar-refractivity contribution in [1.82, 2.24) is 0 Å². The van der Waals surface area contributed by atoms with E-state index in [0.717, 1.165) is 110 Å². The van der Waals surface area contributed by atoms with Gasteiger partial charge in [-0.1, -0.05) is 277 Å². The lowest BCUT2D eigenvalue weighted by Gasteiger charge is -2.21. The molecule has 0 amide bonds. The first-order chi connectivity index (χ1) is 42.6. The van der Waals surface area contributed by atoms with Crippen LogP contribution in [0.1, 0.15) is 105 Å². The van der Waals surface area contributed by atoms with Gasteiger partial charge in [-0.25, -0.2) is 9.13 Å². The molecular weight excluding hydrogens is 1150 g/mol. The molecule has 14 rings (SSSR count). The summed E-state index contributed by atoms with van der Waals surface area (Å²) >= 11 is 0. The van der Waals surface area contributed by atoms with Gasteiger partial charge in [0.2, 0.25) is 0 Å². The molecule has 2 heterocycles. The Bertz CT molecular complexity index is 4300. The second kappa shape index (κ2) is 22.0. The average molecular weight is 1230 g/mol. The maximum absolute atomic E-state index is 13.9. The molecule has 0 fully saturated rings. The van der Waals surface area contributed by atoms with Crippen LogP contribution in [0.25, 0.3) is 110 Å². The van der Waals surface area contributed by atoms with Gasteiger partial charge in [-0.05, 0) is 134 Å². The predicted octanol–water partition coefficient (Wildman–Crippen LogP) is 22.9. The van der Waals surface area contributed by atoms with Crippen molar-refractivity contribution < 1.29 is 37.0 Å². The van der Waals surface area contributed by atoms with Crippen LogP contribution < -0.4 is 18.1 Å². The zero-order chi connectivity index (χ0) is 63.5. The number of hydrogen-bond acceptors (Lipinski definition) is 6. The molecule has 0 bridgehead atoms. The van der Waals surface area contributed by atoms with Gasteiger partial charge in [-0.2, -0.15) is 0 Å². The van der Waals surface area contributed by atoms with Gasteiger partial charge in [0, 0.05) is 44.5 Å². The number of phosphoric ester groups is 2. The van der Waals surface area contributed by atoms with Crippen molar-refractivity contribution in [2.45, 2.75) is 105 Å². The van der Waals surface area contributed by atoms with E-state index < -0.39 is 15.6 Å². The maximum atomic E-state index is 13.9. The fraction of sp³-hybridized carbons (Fsp3) is 0.200. The molecular formula is C80H74O8P2. The monoisotopic (exact) mass is 1220 g/mol. The fourth-order valence-corrected chi connectivity index (χ4v) is 14.4. The van der Waals surface area contributed by atoms with Gasteiger partial charge in [0.15, 0.2) is 0 Å². The Balaban J connectivity index is 0.000000165. The van der Waals surface area contributed by atoms with Gasteiger partial charge in [0.1, 0.15) is 23.0 Å². The van der Waals surface area contributed by atoms with Crippen LogP contribution in [0.4, 0.5) is 0 Å². The molecule has 2 N–H and O–H groups in total. The quantitative estimate of drug-likeness (QED) is 0.168. The Labute approximate surface area is 528 Å². The third kappa shape index (κ3) is 11.3. The Kier molecular flexibility index (Phi) is 14.7. The standard InChI is InChI=1S/2C40H37O4P/c2*1-39(2,3)29-19-15-25(16-20-29)33-23-27-11-7-9-13-31(27)35-36-32-14-10-8-12-28(32)24-34(38(36)44-45(41,42)43-37(33)35)26-17-21-30(22-18-26)40(4,5)6/h2*7-24H,1-6H3,(H,41,42). The number of hydrogen-bond donors (Lipinski definition) is 2. The molecule has 0 aliphatic carbocycles. The van der Waals surface area contributed by atoms with Crippen molar-refractivity contribution in [3.8, 4) is 89.8 Å². The highest BCUT2D eigenvalue weighted by Gasteiger charge is 2.40. The third-order valence-electron chi connectivity index (χ3n) is 17.6. The minimum atomic E-state index is -4.62. The molecule has 0 saturated carbocycles. The summed E-state index contributed by atoms with van der Waals surface area (Å²) in [5, 5.41) is 7.66. The van der Waals surface area contributed by atoms with Crippen molar-refractivity contribution in [3.63, 3.8) is 0 Å². The minimum Gasteiger partial charge on any atom is -0.394 e. The molecule has 2 aliphatic heterocycles. The molecule has 12 aromatic carbocycles. The lowest BCUT2D eigenvalue weighted by atomic mass is 9.84. The van der Waals surface area contributed by atoms with E-state index in [9.17, 15) is 18.9 Å². The van der Waals surface area contributed by atoms with E-state index in [-0.39, 0.29) is 21.7 Å². The van der Waals surface area contributed by atoms with Crippen LogP contribution in [0.3, 0.4) is 0 Å². The summed E-state index contributed by atoms with van der Waals surface area (Å²) in [6.07, 6.45) is 0. The molecule has 0 radical (unpaired) electrons. The molecule has 0 atom stereocenters. The molecule has 90 heavy (non-hydrogen) atoms. The van der Waals surface area contributed by atoms with Crippen LogP contribution in [0.15, 0.2) is 218 Å². The smallest absolute Gasteiger partial charge is 0.394 e. The van der Waals surface area contributed by atoms with Crippen molar-refractivity contribution >= 4 is 58.7 Å². The lowest BCUT2D eigenvalue weighted by Crippen LogP contribution is -2.10. The van der Waals surface area contributed by atoms with Crippen LogP contribution >= 0.6 is 15.6 Å². The zero-order valence-electron chi connectivity index (χ0n) is 53.0. The summed E-state index contributed by atoms with van der Waals surface area (Å²) in [6.45, 7) is 26.2. The van der Waals surface area contributed by atoms with Gasteiger partial charge in [0.05, 0.1) is 0 Å².